The molecule has 2 N–H and O–H groups in total. The molecule has 106 valence electrons. The molecule has 0 fully saturated rings. The lowest BCUT2D eigenvalue weighted by molar-refractivity contribution is -0.148. The van der Waals surface area contributed by atoms with Crippen molar-refractivity contribution in [3.63, 3.8) is 0 Å². The van der Waals surface area contributed by atoms with E-state index < -0.39 is 24.2 Å². The minimum absolute atomic E-state index is 0.0791. The first-order valence-corrected chi connectivity index (χ1v) is 5.91. The minimum Gasteiger partial charge on any atom is -0.334 e. The Kier molecular flexibility index (Phi) is 5.10. The average Bonchev–Trinajstić information content (AvgIpc) is 2.26. The monoisotopic (exact) mass is 343 g/mol. The Labute approximate surface area is 114 Å². The van der Waals surface area contributed by atoms with E-state index in [0.717, 1.165) is 13.0 Å². The third-order valence-electron chi connectivity index (χ3n) is 2.17. The van der Waals surface area contributed by atoms with Gasteiger partial charge in [-0.15, -0.1) is 0 Å². The first-order chi connectivity index (χ1) is 8.70. The number of pyridine rings is 1. The number of amides is 2. The van der Waals surface area contributed by atoms with Crippen molar-refractivity contribution in [2.75, 3.05) is 0 Å². The lowest BCUT2D eigenvalue weighted by atomic mass is 10.3. The van der Waals surface area contributed by atoms with Crippen LogP contribution in [0.3, 0.4) is 0 Å². The van der Waals surface area contributed by atoms with Crippen LogP contribution in [-0.2, 0) is 6.54 Å². The number of nitrogens with zero attached hydrogens (tertiary/aromatic N) is 1. The Balaban J connectivity index is 2.51. The largest absolute Gasteiger partial charge is 0.408 e. The fourth-order valence-electron chi connectivity index (χ4n) is 1.08. The molecular formula is C10H10BrF4N3O. The van der Waals surface area contributed by atoms with Crippen LogP contribution in [-0.4, -0.2) is 23.2 Å². The molecule has 0 aliphatic heterocycles. The number of aromatic nitrogens is 1. The molecule has 0 spiro atoms. The topological polar surface area (TPSA) is 54.0 Å². The molecule has 0 saturated carbocycles. The third-order valence-corrected chi connectivity index (χ3v) is 2.86. The van der Waals surface area contributed by atoms with E-state index in [-0.39, 0.29) is 11.1 Å². The number of halogens is 5. The Hall–Kier alpha value is -1.38. The Bertz CT molecular complexity index is 467. The molecule has 0 aliphatic rings. The van der Waals surface area contributed by atoms with Gasteiger partial charge in [-0.05, 0) is 28.9 Å². The van der Waals surface area contributed by atoms with Gasteiger partial charge in [0.1, 0.15) is 10.6 Å². The summed E-state index contributed by atoms with van der Waals surface area (Å²) < 4.78 is 49.4. The summed E-state index contributed by atoms with van der Waals surface area (Å²) in [4.78, 5) is 14.7. The zero-order valence-corrected chi connectivity index (χ0v) is 11.3. The molecule has 0 saturated heterocycles. The highest BCUT2D eigenvalue weighted by molar-refractivity contribution is 9.10. The van der Waals surface area contributed by atoms with Crippen LogP contribution in [0.1, 0.15) is 12.5 Å². The van der Waals surface area contributed by atoms with Gasteiger partial charge in [0.25, 0.3) is 0 Å². The van der Waals surface area contributed by atoms with Gasteiger partial charge in [-0.1, -0.05) is 6.07 Å². The van der Waals surface area contributed by atoms with Crippen LogP contribution in [0.4, 0.5) is 22.4 Å². The number of urea groups is 1. The second kappa shape index (κ2) is 6.18. The van der Waals surface area contributed by atoms with Crippen LogP contribution >= 0.6 is 15.9 Å². The highest BCUT2D eigenvalue weighted by Crippen LogP contribution is 2.19. The van der Waals surface area contributed by atoms with Gasteiger partial charge in [0.15, 0.2) is 0 Å². The summed E-state index contributed by atoms with van der Waals surface area (Å²) in [6.07, 6.45) is -4.50. The maximum Gasteiger partial charge on any atom is 0.408 e. The van der Waals surface area contributed by atoms with E-state index in [1.165, 1.54) is 6.07 Å². The van der Waals surface area contributed by atoms with Crippen molar-refractivity contribution in [2.45, 2.75) is 25.7 Å². The summed E-state index contributed by atoms with van der Waals surface area (Å²) in [7, 11) is 0. The predicted molar refractivity (Wildman–Crippen MR) is 62.8 cm³/mol. The summed E-state index contributed by atoms with van der Waals surface area (Å²) in [6, 6.07) is -0.485. The summed E-state index contributed by atoms with van der Waals surface area (Å²) in [6.45, 7) is 0.749. The fraction of sp³-hybridized carbons (Fsp3) is 0.400. The molecule has 9 heteroatoms. The van der Waals surface area contributed by atoms with Gasteiger partial charge >= 0.3 is 12.2 Å². The highest BCUT2D eigenvalue weighted by atomic mass is 79.9. The van der Waals surface area contributed by atoms with Gasteiger partial charge in [-0.2, -0.15) is 17.6 Å². The van der Waals surface area contributed by atoms with E-state index >= 15 is 0 Å². The number of carbonyl (C=O) groups excluding carboxylic acids is 1. The molecule has 1 aromatic heterocycles. The third kappa shape index (κ3) is 5.01. The molecule has 1 atom stereocenters. The van der Waals surface area contributed by atoms with E-state index in [9.17, 15) is 22.4 Å². The van der Waals surface area contributed by atoms with Gasteiger partial charge in [0.2, 0.25) is 5.95 Å². The van der Waals surface area contributed by atoms with Gasteiger partial charge in [0, 0.05) is 12.1 Å². The van der Waals surface area contributed by atoms with Crippen molar-refractivity contribution < 1.29 is 22.4 Å². The van der Waals surface area contributed by atoms with Crippen molar-refractivity contribution in [2.24, 2.45) is 0 Å². The second-order valence-electron chi connectivity index (χ2n) is 3.67. The summed E-state index contributed by atoms with van der Waals surface area (Å²) >= 11 is 2.98. The molecule has 1 heterocycles. The first-order valence-electron chi connectivity index (χ1n) is 5.12. The lowest BCUT2D eigenvalue weighted by Crippen LogP contribution is -2.47. The van der Waals surface area contributed by atoms with Crippen LogP contribution in [0.15, 0.2) is 16.7 Å². The van der Waals surface area contributed by atoms with Crippen LogP contribution in [0.5, 0.6) is 0 Å². The van der Waals surface area contributed by atoms with Crippen molar-refractivity contribution in [1.29, 1.82) is 0 Å². The number of hydrogen-bond donors (Lipinski definition) is 2. The van der Waals surface area contributed by atoms with Crippen LogP contribution in [0.25, 0.3) is 0 Å². The maximum atomic E-state index is 12.7. The molecule has 19 heavy (non-hydrogen) atoms. The summed E-state index contributed by atoms with van der Waals surface area (Å²) in [5, 5.41) is 3.96. The highest BCUT2D eigenvalue weighted by Gasteiger charge is 2.36. The number of hydrogen-bond acceptors (Lipinski definition) is 2. The smallest absolute Gasteiger partial charge is 0.334 e. The molecular weight excluding hydrogens is 334 g/mol. The Morgan fingerprint density at radius 2 is 2.11 bits per heavy atom. The van der Waals surface area contributed by atoms with E-state index in [1.807, 2.05) is 0 Å². The Morgan fingerprint density at radius 1 is 1.47 bits per heavy atom. The van der Waals surface area contributed by atoms with Gasteiger partial charge < -0.3 is 10.6 Å². The lowest BCUT2D eigenvalue weighted by Gasteiger charge is -2.17. The van der Waals surface area contributed by atoms with Crippen molar-refractivity contribution in [1.82, 2.24) is 15.6 Å². The van der Waals surface area contributed by atoms with Crippen LogP contribution in [0, 0.1) is 5.95 Å². The summed E-state index contributed by atoms with van der Waals surface area (Å²) in [5.41, 5.74) is 0.441. The quantitative estimate of drug-likeness (QED) is 0.655. The molecule has 1 rings (SSSR count). The predicted octanol–water partition coefficient (Wildman–Crippen LogP) is 2.73. The number of alkyl halides is 3. The first kappa shape index (κ1) is 15.7. The molecule has 2 amide bonds. The maximum absolute atomic E-state index is 12.7. The van der Waals surface area contributed by atoms with Crippen molar-refractivity contribution in [3.05, 3.63) is 28.2 Å². The standard InChI is InChI=1S/C10H10BrF4N3O/c1-5(10(13,14)15)17-9(19)16-4-6-2-3-7(12)18-8(6)11/h2-3,5H,4H2,1H3,(H2,16,17,19)/t5-/m0/s1. The fourth-order valence-corrected chi connectivity index (χ4v) is 1.52. The van der Waals surface area contributed by atoms with Crippen LogP contribution < -0.4 is 10.6 Å². The van der Waals surface area contributed by atoms with E-state index in [0.29, 0.717) is 5.56 Å². The van der Waals surface area contributed by atoms with Crippen LogP contribution in [0.2, 0.25) is 0 Å². The molecule has 0 radical (unpaired) electrons. The molecule has 1 aromatic rings. The SMILES string of the molecule is C[C@H](NC(=O)NCc1ccc(F)nc1Br)C(F)(F)F. The average molecular weight is 344 g/mol. The number of nitrogens with one attached hydrogen (secondary N) is 2. The second-order valence-corrected chi connectivity index (χ2v) is 4.43. The van der Waals surface area contributed by atoms with Crippen molar-refractivity contribution in [3.8, 4) is 0 Å². The van der Waals surface area contributed by atoms with E-state index in [2.05, 4.69) is 26.2 Å². The Morgan fingerprint density at radius 3 is 2.63 bits per heavy atom. The summed E-state index contributed by atoms with van der Waals surface area (Å²) in [5.74, 6) is -0.703. The van der Waals surface area contributed by atoms with Crippen molar-refractivity contribution >= 4 is 22.0 Å². The molecule has 4 nitrogen and oxygen atoms in total. The molecule has 0 unspecified atom stereocenters. The molecule has 0 aromatic carbocycles. The van der Waals surface area contributed by atoms with E-state index in [1.54, 1.807) is 5.32 Å². The van der Waals surface area contributed by atoms with Gasteiger partial charge in [0.05, 0.1) is 0 Å². The normalized spacial score (nSPS) is 12.9. The van der Waals surface area contributed by atoms with Gasteiger partial charge in [-0.3, -0.25) is 0 Å². The zero-order chi connectivity index (χ0) is 14.6. The molecule has 0 aliphatic carbocycles. The number of carbonyl (C=O) groups is 1. The van der Waals surface area contributed by atoms with E-state index in [4.69, 9.17) is 0 Å². The number of rotatable bonds is 3. The van der Waals surface area contributed by atoms with Gasteiger partial charge in [-0.25, -0.2) is 9.78 Å². The molecule has 0 bridgehead atoms. The minimum atomic E-state index is -4.50. The zero-order valence-electron chi connectivity index (χ0n) is 9.68.